The van der Waals surface area contributed by atoms with Crippen molar-refractivity contribution < 1.29 is 4.79 Å². The van der Waals surface area contributed by atoms with E-state index in [0.29, 0.717) is 24.3 Å². The molecule has 0 aliphatic carbocycles. The van der Waals surface area contributed by atoms with E-state index in [2.05, 4.69) is 21.1 Å². The highest BCUT2D eigenvalue weighted by Gasteiger charge is 2.22. The molecule has 0 aliphatic rings. The molecule has 1 amide bonds. The van der Waals surface area contributed by atoms with Crippen LogP contribution in [-0.2, 0) is 13.6 Å². The fourth-order valence-electron chi connectivity index (χ4n) is 3.06. The summed E-state index contributed by atoms with van der Waals surface area (Å²) in [6, 6.07) is 7.66. The lowest BCUT2D eigenvalue weighted by molar-refractivity contribution is 0.0748. The summed E-state index contributed by atoms with van der Waals surface area (Å²) in [5.74, 6) is -0.129. The molecular formula is C19H20N6O. The first-order chi connectivity index (χ1) is 12.5. The van der Waals surface area contributed by atoms with E-state index >= 15 is 0 Å². The SMILES string of the molecule is Cc1cc(C(=O)N(CCC#N)Cc2cccnc2)c2c(C)nn(C)c2n1. The standard InChI is InChI=1S/C19H20N6O/c1-13-10-16(17-14(2)23-24(3)18(17)22-13)19(26)25(9-5-7-20)12-15-6-4-8-21-11-15/h4,6,8,10-11H,5,9,12H2,1-3H3. The molecular weight excluding hydrogens is 328 g/mol. The van der Waals surface area contributed by atoms with E-state index in [1.165, 1.54) is 0 Å². The van der Waals surface area contributed by atoms with Gasteiger partial charge in [0.1, 0.15) is 0 Å². The number of carbonyl (C=O) groups is 1. The van der Waals surface area contributed by atoms with Crippen molar-refractivity contribution in [1.29, 1.82) is 5.26 Å². The van der Waals surface area contributed by atoms with Crippen molar-refractivity contribution in [2.24, 2.45) is 7.05 Å². The second kappa shape index (κ2) is 7.31. The third-order valence-electron chi connectivity index (χ3n) is 4.20. The van der Waals surface area contributed by atoms with E-state index < -0.39 is 0 Å². The summed E-state index contributed by atoms with van der Waals surface area (Å²) in [5.41, 5.74) is 3.70. The average molecular weight is 348 g/mol. The fourth-order valence-corrected chi connectivity index (χ4v) is 3.06. The average Bonchev–Trinajstić information content (AvgIpc) is 2.92. The van der Waals surface area contributed by atoms with Crippen LogP contribution in [0.15, 0.2) is 30.6 Å². The van der Waals surface area contributed by atoms with Gasteiger partial charge in [0.05, 0.1) is 29.1 Å². The minimum absolute atomic E-state index is 0.129. The molecule has 0 aliphatic heterocycles. The molecule has 0 spiro atoms. The number of nitriles is 1. The molecule has 0 saturated heterocycles. The molecule has 0 fully saturated rings. The minimum Gasteiger partial charge on any atom is -0.333 e. The number of rotatable bonds is 5. The lowest BCUT2D eigenvalue weighted by Gasteiger charge is -2.22. The molecule has 0 N–H and O–H groups in total. The van der Waals surface area contributed by atoms with Crippen molar-refractivity contribution in [1.82, 2.24) is 24.6 Å². The molecule has 0 radical (unpaired) electrons. The van der Waals surface area contributed by atoms with Crippen molar-refractivity contribution in [3.63, 3.8) is 0 Å². The predicted octanol–water partition coefficient (Wildman–Crippen LogP) is 2.54. The Bertz CT molecular complexity index is 987. The Morgan fingerprint density at radius 3 is 2.88 bits per heavy atom. The molecule has 7 nitrogen and oxygen atoms in total. The van der Waals surface area contributed by atoms with E-state index in [-0.39, 0.29) is 12.3 Å². The van der Waals surface area contributed by atoms with Crippen molar-refractivity contribution in [2.75, 3.05) is 6.54 Å². The summed E-state index contributed by atoms with van der Waals surface area (Å²) >= 11 is 0. The third kappa shape index (κ3) is 3.40. The molecule has 26 heavy (non-hydrogen) atoms. The number of fused-ring (bicyclic) bond motifs is 1. The second-order valence-electron chi connectivity index (χ2n) is 6.21. The Balaban J connectivity index is 2.04. The highest BCUT2D eigenvalue weighted by Crippen LogP contribution is 2.23. The van der Waals surface area contributed by atoms with Crippen LogP contribution >= 0.6 is 0 Å². The van der Waals surface area contributed by atoms with Crippen LogP contribution in [-0.4, -0.2) is 37.1 Å². The summed E-state index contributed by atoms with van der Waals surface area (Å²) in [7, 11) is 1.82. The molecule has 132 valence electrons. The zero-order valence-electron chi connectivity index (χ0n) is 15.1. The number of aryl methyl sites for hydroxylation is 3. The van der Waals surface area contributed by atoms with Crippen molar-refractivity contribution in [2.45, 2.75) is 26.8 Å². The maximum absolute atomic E-state index is 13.3. The van der Waals surface area contributed by atoms with Gasteiger partial charge in [0.25, 0.3) is 5.91 Å². The zero-order valence-corrected chi connectivity index (χ0v) is 15.1. The van der Waals surface area contributed by atoms with Crippen LogP contribution in [0.3, 0.4) is 0 Å². The quantitative estimate of drug-likeness (QED) is 0.707. The van der Waals surface area contributed by atoms with Gasteiger partial charge in [-0.2, -0.15) is 10.4 Å². The van der Waals surface area contributed by atoms with Gasteiger partial charge in [-0.15, -0.1) is 0 Å². The summed E-state index contributed by atoms with van der Waals surface area (Å²) in [4.78, 5) is 23.6. The molecule has 0 unspecified atom stereocenters. The second-order valence-corrected chi connectivity index (χ2v) is 6.21. The van der Waals surface area contributed by atoms with Crippen LogP contribution in [0, 0.1) is 25.2 Å². The first kappa shape index (κ1) is 17.5. The van der Waals surface area contributed by atoms with Crippen LogP contribution in [0.5, 0.6) is 0 Å². The summed E-state index contributed by atoms with van der Waals surface area (Å²) in [6.07, 6.45) is 3.69. The predicted molar refractivity (Wildman–Crippen MR) is 97.2 cm³/mol. The molecule has 0 atom stereocenters. The van der Waals surface area contributed by atoms with Gasteiger partial charge >= 0.3 is 0 Å². The largest absolute Gasteiger partial charge is 0.333 e. The Kier molecular flexibility index (Phi) is 4.94. The number of nitrogens with zero attached hydrogens (tertiary/aromatic N) is 6. The smallest absolute Gasteiger partial charge is 0.255 e. The van der Waals surface area contributed by atoms with Crippen molar-refractivity contribution >= 4 is 16.9 Å². The van der Waals surface area contributed by atoms with Crippen molar-refractivity contribution in [3.8, 4) is 6.07 Å². The lowest BCUT2D eigenvalue weighted by Crippen LogP contribution is -2.31. The van der Waals surface area contributed by atoms with Crippen LogP contribution in [0.25, 0.3) is 11.0 Å². The van der Waals surface area contributed by atoms with Gasteiger partial charge in [0.2, 0.25) is 0 Å². The van der Waals surface area contributed by atoms with Crippen LogP contribution in [0.2, 0.25) is 0 Å². The Morgan fingerprint density at radius 1 is 1.38 bits per heavy atom. The van der Waals surface area contributed by atoms with Gasteiger partial charge in [-0.05, 0) is 31.5 Å². The minimum atomic E-state index is -0.129. The highest BCUT2D eigenvalue weighted by atomic mass is 16.2. The molecule has 3 aromatic rings. The maximum atomic E-state index is 13.3. The lowest BCUT2D eigenvalue weighted by atomic mass is 10.1. The normalized spacial score (nSPS) is 10.7. The molecule has 0 saturated carbocycles. The summed E-state index contributed by atoms with van der Waals surface area (Å²) in [6.45, 7) is 4.49. The molecule has 0 bridgehead atoms. The summed E-state index contributed by atoms with van der Waals surface area (Å²) in [5, 5.41) is 14.1. The molecule has 3 heterocycles. The van der Waals surface area contributed by atoms with E-state index in [1.807, 2.05) is 33.0 Å². The number of pyridine rings is 2. The van der Waals surface area contributed by atoms with Gasteiger partial charge in [-0.1, -0.05) is 6.07 Å². The van der Waals surface area contributed by atoms with Gasteiger partial charge < -0.3 is 4.90 Å². The third-order valence-corrected chi connectivity index (χ3v) is 4.20. The Hall–Kier alpha value is -3.27. The van der Waals surface area contributed by atoms with Crippen molar-refractivity contribution in [3.05, 3.63) is 53.1 Å². The Labute approximate surface area is 151 Å². The van der Waals surface area contributed by atoms with Gasteiger partial charge in [-0.25, -0.2) is 4.98 Å². The first-order valence-electron chi connectivity index (χ1n) is 8.37. The van der Waals surface area contributed by atoms with E-state index in [0.717, 1.165) is 22.3 Å². The zero-order chi connectivity index (χ0) is 18.7. The highest BCUT2D eigenvalue weighted by molar-refractivity contribution is 6.06. The number of amides is 1. The van der Waals surface area contributed by atoms with E-state index in [1.54, 1.807) is 28.0 Å². The molecule has 0 aromatic carbocycles. The monoisotopic (exact) mass is 348 g/mol. The van der Waals surface area contributed by atoms with E-state index in [9.17, 15) is 4.79 Å². The molecule has 7 heteroatoms. The molecule has 3 aromatic heterocycles. The number of hydrogen-bond donors (Lipinski definition) is 0. The summed E-state index contributed by atoms with van der Waals surface area (Å²) < 4.78 is 1.69. The Morgan fingerprint density at radius 2 is 2.19 bits per heavy atom. The fraction of sp³-hybridized carbons (Fsp3) is 0.316. The number of hydrogen-bond acceptors (Lipinski definition) is 5. The van der Waals surface area contributed by atoms with Crippen LogP contribution in [0.1, 0.15) is 33.7 Å². The van der Waals surface area contributed by atoms with Gasteiger partial charge in [0, 0.05) is 38.2 Å². The first-order valence-corrected chi connectivity index (χ1v) is 8.37. The van der Waals surface area contributed by atoms with E-state index in [4.69, 9.17) is 5.26 Å². The number of carbonyl (C=O) groups excluding carboxylic acids is 1. The molecule has 3 rings (SSSR count). The maximum Gasteiger partial charge on any atom is 0.255 e. The van der Waals surface area contributed by atoms with Gasteiger partial charge in [0.15, 0.2) is 5.65 Å². The van der Waals surface area contributed by atoms with Gasteiger partial charge in [-0.3, -0.25) is 14.5 Å². The number of aromatic nitrogens is 4. The topological polar surface area (TPSA) is 87.7 Å². The van der Waals surface area contributed by atoms with Crippen LogP contribution in [0.4, 0.5) is 0 Å². The van der Waals surface area contributed by atoms with Crippen LogP contribution < -0.4 is 0 Å².